The third-order valence-corrected chi connectivity index (χ3v) is 3.00. The van der Waals surface area contributed by atoms with E-state index in [1.54, 1.807) is 48.5 Å². The average Bonchev–Trinajstić information content (AvgIpc) is 2.48. The summed E-state index contributed by atoms with van der Waals surface area (Å²) in [5.74, 6) is -1.08. The van der Waals surface area contributed by atoms with E-state index in [-0.39, 0.29) is 13.2 Å². The van der Waals surface area contributed by atoms with Crippen molar-refractivity contribution in [1.29, 1.82) is 0 Å². The highest BCUT2D eigenvalue weighted by Crippen LogP contribution is 2.19. The molecule has 0 aromatic heterocycles. The van der Waals surface area contributed by atoms with E-state index in [4.69, 9.17) is 9.84 Å². The van der Waals surface area contributed by atoms with E-state index >= 15 is 0 Å². The second-order valence-corrected chi connectivity index (χ2v) is 4.42. The molecule has 0 saturated heterocycles. The van der Waals surface area contributed by atoms with Crippen LogP contribution in [0, 0.1) is 0 Å². The van der Waals surface area contributed by atoms with Gasteiger partial charge in [-0.15, -0.1) is 0 Å². The highest BCUT2D eigenvalue weighted by Gasteiger charge is 2.20. The number of rotatable bonds is 6. The highest BCUT2D eigenvalue weighted by molar-refractivity contribution is 5.76. The first-order valence-corrected chi connectivity index (χ1v) is 6.31. The predicted molar refractivity (Wildman–Crippen MR) is 74.7 cm³/mol. The topological polar surface area (TPSA) is 66.8 Å². The van der Waals surface area contributed by atoms with Crippen molar-refractivity contribution in [2.75, 3.05) is 6.61 Å². The second-order valence-electron chi connectivity index (χ2n) is 4.42. The van der Waals surface area contributed by atoms with Crippen LogP contribution >= 0.6 is 0 Å². The molecule has 20 heavy (non-hydrogen) atoms. The van der Waals surface area contributed by atoms with Crippen molar-refractivity contribution in [2.45, 2.75) is 12.5 Å². The molecule has 2 aromatic rings. The summed E-state index contributed by atoms with van der Waals surface area (Å²) in [4.78, 5) is 11.3. The smallest absolute Gasteiger partial charge is 0.314 e. The zero-order valence-corrected chi connectivity index (χ0v) is 10.9. The number of hydrogen-bond donors (Lipinski definition) is 2. The van der Waals surface area contributed by atoms with Crippen molar-refractivity contribution >= 4 is 5.97 Å². The van der Waals surface area contributed by atoms with Crippen molar-refractivity contribution in [3.05, 3.63) is 65.7 Å². The van der Waals surface area contributed by atoms with Gasteiger partial charge >= 0.3 is 5.97 Å². The quantitative estimate of drug-likeness (QED) is 0.847. The normalized spacial score (nSPS) is 11.8. The molecule has 0 aliphatic carbocycles. The Morgan fingerprint density at radius 3 is 2.50 bits per heavy atom. The van der Waals surface area contributed by atoms with Crippen LogP contribution in [0.2, 0.25) is 0 Å². The molecule has 104 valence electrons. The van der Waals surface area contributed by atoms with Crippen LogP contribution in [0.5, 0.6) is 5.75 Å². The average molecular weight is 272 g/mol. The van der Waals surface area contributed by atoms with Gasteiger partial charge in [0.25, 0.3) is 0 Å². The number of ether oxygens (including phenoxy) is 1. The summed E-state index contributed by atoms with van der Waals surface area (Å²) in [5, 5.41) is 18.3. The van der Waals surface area contributed by atoms with Crippen molar-refractivity contribution in [3.63, 3.8) is 0 Å². The molecule has 1 unspecified atom stereocenters. The summed E-state index contributed by atoms with van der Waals surface area (Å²) >= 11 is 0. The number of carboxylic acids is 1. The number of carbonyl (C=O) groups is 1. The molecule has 0 saturated carbocycles. The van der Waals surface area contributed by atoms with Crippen LogP contribution in [-0.4, -0.2) is 22.8 Å². The third kappa shape index (κ3) is 3.59. The van der Waals surface area contributed by atoms with Crippen LogP contribution < -0.4 is 4.74 Å². The molecule has 0 fully saturated rings. The Kier molecular flexibility index (Phi) is 4.74. The molecule has 0 bridgehead atoms. The van der Waals surface area contributed by atoms with Crippen LogP contribution in [-0.2, 0) is 11.4 Å². The minimum absolute atomic E-state index is 0.0498. The van der Waals surface area contributed by atoms with Crippen LogP contribution in [0.3, 0.4) is 0 Å². The first kappa shape index (κ1) is 14.1. The Labute approximate surface area is 117 Å². The standard InChI is InChI=1S/C16H16O4/c17-10-12-5-4-8-14(9-12)20-11-15(16(18)19)13-6-2-1-3-7-13/h1-9,15,17H,10-11H2,(H,18,19). The molecule has 4 heteroatoms. The predicted octanol–water partition coefficient (Wildman–Crippen LogP) is 2.43. The molecule has 0 heterocycles. The molecule has 0 radical (unpaired) electrons. The number of benzene rings is 2. The van der Waals surface area contributed by atoms with E-state index in [0.29, 0.717) is 11.3 Å². The van der Waals surface area contributed by atoms with Gasteiger partial charge in [-0.2, -0.15) is 0 Å². The van der Waals surface area contributed by atoms with Crippen molar-refractivity contribution in [3.8, 4) is 5.75 Å². The second kappa shape index (κ2) is 6.73. The Balaban J connectivity index is 2.08. The molecule has 2 N–H and O–H groups in total. The van der Waals surface area contributed by atoms with Crippen LogP contribution in [0.4, 0.5) is 0 Å². The summed E-state index contributed by atoms with van der Waals surface area (Å²) in [7, 11) is 0. The molecule has 0 amide bonds. The zero-order valence-electron chi connectivity index (χ0n) is 10.9. The Hall–Kier alpha value is -2.33. The van der Waals surface area contributed by atoms with Gasteiger partial charge in [0.05, 0.1) is 6.61 Å². The largest absolute Gasteiger partial charge is 0.492 e. The van der Waals surface area contributed by atoms with Crippen LogP contribution in [0.15, 0.2) is 54.6 Å². The summed E-state index contributed by atoms with van der Waals surface area (Å²) in [6.45, 7) is -0.0214. The molecule has 2 aromatic carbocycles. The molecule has 4 nitrogen and oxygen atoms in total. The maximum absolute atomic E-state index is 11.3. The van der Waals surface area contributed by atoms with Crippen molar-refractivity contribution < 1.29 is 19.7 Å². The fourth-order valence-electron chi connectivity index (χ4n) is 1.91. The van der Waals surface area contributed by atoms with Gasteiger partial charge in [0.1, 0.15) is 18.3 Å². The van der Waals surface area contributed by atoms with Gasteiger partial charge in [-0.3, -0.25) is 4.79 Å². The lowest BCUT2D eigenvalue weighted by molar-refractivity contribution is -0.139. The maximum Gasteiger partial charge on any atom is 0.314 e. The summed E-state index contributed by atoms with van der Waals surface area (Å²) in [6, 6.07) is 16.0. The van der Waals surface area contributed by atoms with E-state index in [2.05, 4.69) is 0 Å². The first-order chi connectivity index (χ1) is 9.70. The van der Waals surface area contributed by atoms with Gasteiger partial charge in [0, 0.05) is 0 Å². The monoisotopic (exact) mass is 272 g/mol. The van der Waals surface area contributed by atoms with Gasteiger partial charge in [-0.25, -0.2) is 0 Å². The lowest BCUT2D eigenvalue weighted by Gasteiger charge is -2.14. The molecule has 1 atom stereocenters. The number of aliphatic hydroxyl groups is 1. The number of carboxylic acid groups (broad SMARTS) is 1. The fraction of sp³-hybridized carbons (Fsp3) is 0.188. The maximum atomic E-state index is 11.3. The van der Waals surface area contributed by atoms with E-state index in [1.165, 1.54) is 0 Å². The van der Waals surface area contributed by atoms with Crippen molar-refractivity contribution in [2.24, 2.45) is 0 Å². The van der Waals surface area contributed by atoms with E-state index in [1.807, 2.05) is 6.07 Å². The molecule has 0 spiro atoms. The highest BCUT2D eigenvalue weighted by atomic mass is 16.5. The van der Waals surface area contributed by atoms with Gasteiger partial charge in [-0.05, 0) is 23.3 Å². The summed E-state index contributed by atoms with van der Waals surface area (Å²) in [5.41, 5.74) is 1.44. The van der Waals surface area contributed by atoms with Gasteiger partial charge in [0.15, 0.2) is 0 Å². The van der Waals surface area contributed by atoms with Crippen molar-refractivity contribution in [1.82, 2.24) is 0 Å². The zero-order chi connectivity index (χ0) is 14.4. The van der Waals surface area contributed by atoms with E-state index in [9.17, 15) is 9.90 Å². The Morgan fingerprint density at radius 1 is 1.10 bits per heavy atom. The van der Waals surface area contributed by atoms with Gasteiger partial charge in [0.2, 0.25) is 0 Å². The lowest BCUT2D eigenvalue weighted by Crippen LogP contribution is -2.19. The minimum atomic E-state index is -0.922. The SMILES string of the molecule is O=C(O)C(COc1cccc(CO)c1)c1ccccc1. The number of aliphatic hydroxyl groups excluding tert-OH is 1. The summed E-state index contributed by atoms with van der Waals surface area (Å²) < 4.78 is 5.53. The third-order valence-electron chi connectivity index (χ3n) is 3.00. The van der Waals surface area contributed by atoms with Gasteiger partial charge < -0.3 is 14.9 Å². The molecule has 0 aliphatic heterocycles. The van der Waals surface area contributed by atoms with E-state index in [0.717, 1.165) is 5.56 Å². The van der Waals surface area contributed by atoms with Crippen LogP contribution in [0.25, 0.3) is 0 Å². The molecular weight excluding hydrogens is 256 g/mol. The number of aliphatic carboxylic acids is 1. The molecular formula is C16H16O4. The van der Waals surface area contributed by atoms with Crippen LogP contribution in [0.1, 0.15) is 17.0 Å². The first-order valence-electron chi connectivity index (χ1n) is 6.31. The van der Waals surface area contributed by atoms with Gasteiger partial charge in [-0.1, -0.05) is 42.5 Å². The Bertz CT molecular complexity index is 566. The molecule has 2 rings (SSSR count). The Morgan fingerprint density at radius 2 is 1.85 bits per heavy atom. The summed E-state index contributed by atoms with van der Waals surface area (Å²) in [6.07, 6.45) is 0. The lowest BCUT2D eigenvalue weighted by atomic mass is 10.0. The number of hydrogen-bond acceptors (Lipinski definition) is 3. The minimum Gasteiger partial charge on any atom is -0.492 e. The molecule has 0 aliphatic rings. The van der Waals surface area contributed by atoms with E-state index < -0.39 is 11.9 Å². The fourth-order valence-corrected chi connectivity index (χ4v) is 1.91.